The molecule has 0 amide bonds. The summed E-state index contributed by atoms with van der Waals surface area (Å²) >= 11 is 7.92. The van der Waals surface area contributed by atoms with E-state index in [-0.39, 0.29) is 0 Å². The Morgan fingerprint density at radius 3 is 2.53 bits per heavy atom. The molecule has 1 saturated heterocycles. The second-order valence-corrected chi connectivity index (χ2v) is 6.86. The number of hydrogen-bond acceptors (Lipinski definition) is 3. The predicted molar refractivity (Wildman–Crippen MR) is 77.3 cm³/mol. The monoisotopic (exact) mass is 270 g/mol. The minimum absolute atomic E-state index is 0.543. The zero-order chi connectivity index (χ0) is 12.4. The van der Waals surface area contributed by atoms with Crippen LogP contribution in [0.3, 0.4) is 0 Å². The van der Waals surface area contributed by atoms with Gasteiger partial charge in [-0.2, -0.15) is 11.8 Å². The van der Waals surface area contributed by atoms with Crippen molar-refractivity contribution in [2.75, 3.05) is 18.0 Å². The minimum atomic E-state index is 0.543. The number of alkyl halides is 1. The lowest BCUT2D eigenvalue weighted by atomic mass is 10.2. The van der Waals surface area contributed by atoms with E-state index in [0.717, 1.165) is 30.2 Å². The van der Waals surface area contributed by atoms with Gasteiger partial charge in [-0.25, -0.2) is 4.98 Å². The Morgan fingerprint density at radius 2 is 2.00 bits per heavy atom. The molecule has 94 valence electrons. The number of thioether (sulfide) groups is 1. The Labute approximate surface area is 113 Å². The molecule has 1 aromatic rings. The lowest BCUT2D eigenvalue weighted by Gasteiger charge is -2.35. The van der Waals surface area contributed by atoms with Gasteiger partial charge in [0.1, 0.15) is 5.82 Å². The molecule has 0 saturated carbocycles. The van der Waals surface area contributed by atoms with Crippen molar-refractivity contribution in [3.8, 4) is 0 Å². The molecule has 1 aliphatic heterocycles. The molecule has 0 bridgehead atoms. The Balaban J connectivity index is 2.19. The molecule has 1 aliphatic rings. The highest BCUT2D eigenvalue weighted by molar-refractivity contribution is 8.00. The van der Waals surface area contributed by atoms with Crippen molar-refractivity contribution in [1.29, 1.82) is 0 Å². The zero-order valence-corrected chi connectivity index (χ0v) is 12.2. The predicted octanol–water partition coefficient (Wildman–Crippen LogP) is 3.46. The second kappa shape index (κ2) is 5.49. The largest absolute Gasteiger partial charge is 0.354 e. The molecule has 0 radical (unpaired) electrons. The van der Waals surface area contributed by atoms with Gasteiger partial charge in [0.2, 0.25) is 0 Å². The summed E-state index contributed by atoms with van der Waals surface area (Å²) < 4.78 is 0. The lowest BCUT2D eigenvalue weighted by molar-refractivity contribution is 0.717. The Hall–Kier alpha value is -0.410. The fourth-order valence-corrected chi connectivity index (χ4v) is 3.87. The van der Waals surface area contributed by atoms with Crippen LogP contribution in [0.1, 0.15) is 25.1 Å². The number of aryl methyl sites for hydroxylation is 1. The van der Waals surface area contributed by atoms with Crippen LogP contribution in [-0.4, -0.2) is 28.6 Å². The number of hydrogen-bond donors (Lipinski definition) is 0. The molecular weight excluding hydrogens is 252 g/mol. The topological polar surface area (TPSA) is 16.1 Å². The SMILES string of the molecule is Cc1nc(N2CC(C)SC(C)C2)ccc1CCl. The second-order valence-electron chi connectivity index (χ2n) is 4.71. The van der Waals surface area contributed by atoms with Crippen LogP contribution in [-0.2, 0) is 5.88 Å². The maximum atomic E-state index is 5.86. The van der Waals surface area contributed by atoms with E-state index in [1.54, 1.807) is 0 Å². The molecular formula is C13H19ClN2S. The minimum Gasteiger partial charge on any atom is -0.354 e. The fourth-order valence-electron chi connectivity index (χ4n) is 2.26. The summed E-state index contributed by atoms with van der Waals surface area (Å²) in [5.74, 6) is 1.64. The van der Waals surface area contributed by atoms with Crippen molar-refractivity contribution in [2.45, 2.75) is 37.2 Å². The molecule has 1 fully saturated rings. The van der Waals surface area contributed by atoms with Crippen molar-refractivity contribution in [2.24, 2.45) is 0 Å². The maximum absolute atomic E-state index is 5.86. The van der Waals surface area contributed by atoms with Crippen LogP contribution in [0, 0.1) is 6.92 Å². The van der Waals surface area contributed by atoms with E-state index in [0.29, 0.717) is 16.4 Å². The quantitative estimate of drug-likeness (QED) is 0.766. The van der Waals surface area contributed by atoms with Crippen molar-refractivity contribution in [3.05, 3.63) is 23.4 Å². The molecule has 2 rings (SSSR count). The van der Waals surface area contributed by atoms with Gasteiger partial charge >= 0.3 is 0 Å². The molecule has 1 aromatic heterocycles. The highest BCUT2D eigenvalue weighted by atomic mass is 35.5. The van der Waals surface area contributed by atoms with Gasteiger partial charge in [0, 0.05) is 35.2 Å². The average Bonchev–Trinajstić information content (AvgIpc) is 2.27. The van der Waals surface area contributed by atoms with Gasteiger partial charge in [-0.15, -0.1) is 11.6 Å². The third-order valence-electron chi connectivity index (χ3n) is 3.07. The molecule has 2 unspecified atom stereocenters. The van der Waals surface area contributed by atoms with E-state index in [1.807, 2.05) is 6.92 Å². The number of halogens is 1. The summed E-state index contributed by atoms with van der Waals surface area (Å²) in [5.41, 5.74) is 2.18. The smallest absolute Gasteiger partial charge is 0.128 e. The number of aromatic nitrogens is 1. The molecule has 0 aromatic carbocycles. The van der Waals surface area contributed by atoms with Gasteiger partial charge < -0.3 is 4.90 Å². The van der Waals surface area contributed by atoms with E-state index >= 15 is 0 Å². The normalized spacial score (nSPS) is 25.1. The van der Waals surface area contributed by atoms with E-state index < -0.39 is 0 Å². The summed E-state index contributed by atoms with van der Waals surface area (Å²) in [5, 5.41) is 1.35. The lowest BCUT2D eigenvalue weighted by Crippen LogP contribution is -2.40. The summed E-state index contributed by atoms with van der Waals surface area (Å²) in [7, 11) is 0. The molecule has 0 aliphatic carbocycles. The first kappa shape index (κ1) is 13.0. The van der Waals surface area contributed by atoms with Crippen LogP contribution >= 0.6 is 23.4 Å². The van der Waals surface area contributed by atoms with Gasteiger partial charge in [-0.3, -0.25) is 0 Å². The summed E-state index contributed by atoms with van der Waals surface area (Å²) in [6, 6.07) is 4.20. The number of pyridine rings is 1. The molecule has 17 heavy (non-hydrogen) atoms. The summed E-state index contributed by atoms with van der Waals surface area (Å²) in [6.07, 6.45) is 0. The first-order chi connectivity index (χ1) is 8.10. The molecule has 0 N–H and O–H groups in total. The summed E-state index contributed by atoms with van der Waals surface area (Å²) in [6.45, 7) is 8.77. The van der Waals surface area contributed by atoms with Crippen molar-refractivity contribution in [3.63, 3.8) is 0 Å². The number of nitrogens with zero attached hydrogens (tertiary/aromatic N) is 2. The van der Waals surface area contributed by atoms with Gasteiger partial charge in [0.15, 0.2) is 0 Å². The third kappa shape index (κ3) is 3.08. The highest BCUT2D eigenvalue weighted by Crippen LogP contribution is 2.28. The van der Waals surface area contributed by atoms with Crippen LogP contribution < -0.4 is 4.90 Å². The number of anilines is 1. The average molecular weight is 271 g/mol. The molecule has 2 atom stereocenters. The molecule has 2 heterocycles. The Bertz CT molecular complexity index is 387. The van der Waals surface area contributed by atoms with Gasteiger partial charge in [0.25, 0.3) is 0 Å². The summed E-state index contributed by atoms with van der Waals surface area (Å²) in [4.78, 5) is 7.05. The zero-order valence-electron chi connectivity index (χ0n) is 10.6. The molecule has 2 nitrogen and oxygen atoms in total. The van der Waals surface area contributed by atoms with Crippen LogP contribution in [0.5, 0.6) is 0 Å². The fraction of sp³-hybridized carbons (Fsp3) is 0.615. The van der Waals surface area contributed by atoms with E-state index in [2.05, 4.69) is 47.6 Å². The van der Waals surface area contributed by atoms with E-state index in [1.165, 1.54) is 0 Å². The van der Waals surface area contributed by atoms with Crippen LogP contribution in [0.25, 0.3) is 0 Å². The number of rotatable bonds is 2. The van der Waals surface area contributed by atoms with Crippen molar-refractivity contribution in [1.82, 2.24) is 4.98 Å². The first-order valence-corrected chi connectivity index (χ1v) is 7.50. The first-order valence-electron chi connectivity index (χ1n) is 6.03. The Morgan fingerprint density at radius 1 is 1.35 bits per heavy atom. The molecule has 0 spiro atoms. The molecule has 4 heteroatoms. The van der Waals surface area contributed by atoms with Gasteiger partial charge in [-0.1, -0.05) is 19.9 Å². The standard InChI is InChI=1S/C13H19ClN2S/c1-9-7-16(8-10(2)17-9)13-5-4-12(6-14)11(3)15-13/h4-5,9-10H,6-8H2,1-3H3. The van der Waals surface area contributed by atoms with Crippen LogP contribution in [0.4, 0.5) is 5.82 Å². The van der Waals surface area contributed by atoms with Crippen LogP contribution in [0.2, 0.25) is 0 Å². The van der Waals surface area contributed by atoms with Crippen molar-refractivity contribution >= 4 is 29.2 Å². The third-order valence-corrected chi connectivity index (χ3v) is 4.58. The van der Waals surface area contributed by atoms with Crippen molar-refractivity contribution < 1.29 is 0 Å². The Kier molecular flexibility index (Phi) is 4.21. The maximum Gasteiger partial charge on any atom is 0.128 e. The van der Waals surface area contributed by atoms with E-state index in [9.17, 15) is 0 Å². The van der Waals surface area contributed by atoms with Gasteiger partial charge in [-0.05, 0) is 18.6 Å². The highest BCUT2D eigenvalue weighted by Gasteiger charge is 2.23. The van der Waals surface area contributed by atoms with Gasteiger partial charge in [0.05, 0.1) is 0 Å². The van der Waals surface area contributed by atoms with E-state index in [4.69, 9.17) is 11.6 Å². The van der Waals surface area contributed by atoms with Crippen LogP contribution in [0.15, 0.2) is 12.1 Å².